The number of β-amino-alcohol motifs (C(OH)–C–C–N with tert-alkyl or cyclic N) is 1. The van der Waals surface area contributed by atoms with Gasteiger partial charge in [0.05, 0.1) is 28.7 Å². The van der Waals surface area contributed by atoms with Gasteiger partial charge in [0.1, 0.15) is 11.6 Å². The lowest BCUT2D eigenvalue weighted by Crippen LogP contribution is -2.21. The normalized spacial score (nSPS) is 15.0. The highest BCUT2D eigenvalue weighted by molar-refractivity contribution is 7.96. The molecule has 2 aromatic carbocycles. The molecular formula is C26H27ClFN5O3S. The zero-order valence-electron chi connectivity index (χ0n) is 20.3. The maximum absolute atomic E-state index is 14.7. The quantitative estimate of drug-likeness (QED) is 0.331. The largest absolute Gasteiger partial charge is 0.507 e. The highest BCUT2D eigenvalue weighted by Crippen LogP contribution is 2.41. The lowest BCUT2D eigenvalue weighted by molar-refractivity contribution is 0.198. The van der Waals surface area contributed by atoms with Gasteiger partial charge in [-0.05, 0) is 48.6 Å². The van der Waals surface area contributed by atoms with Crippen molar-refractivity contribution in [3.05, 3.63) is 82.5 Å². The van der Waals surface area contributed by atoms with Crippen LogP contribution in [-0.2, 0) is 7.05 Å². The Balaban J connectivity index is 0.00000102. The van der Waals surface area contributed by atoms with Crippen molar-refractivity contribution in [2.45, 2.75) is 12.5 Å². The van der Waals surface area contributed by atoms with Crippen molar-refractivity contribution < 1.29 is 14.6 Å². The number of phenols is 1. The molecular weight excluding hydrogens is 517 g/mol. The lowest BCUT2D eigenvalue weighted by atomic mass is 9.97. The van der Waals surface area contributed by atoms with Crippen LogP contribution in [0.2, 0.25) is 5.02 Å². The number of halogens is 2. The smallest absolute Gasteiger partial charge is 0.332 e. The van der Waals surface area contributed by atoms with Crippen molar-refractivity contribution in [1.29, 1.82) is 0 Å². The number of aliphatic hydroxyl groups is 1. The average Bonchev–Trinajstić information content (AvgIpc) is 3.46. The maximum atomic E-state index is 14.7. The van der Waals surface area contributed by atoms with E-state index in [2.05, 4.69) is 4.98 Å². The molecule has 8 nitrogen and oxygen atoms in total. The summed E-state index contributed by atoms with van der Waals surface area (Å²) in [5.41, 5.74) is 2.65. The Morgan fingerprint density at radius 2 is 1.84 bits per heavy atom. The second-order valence-corrected chi connectivity index (χ2v) is 9.51. The topological polar surface area (TPSA) is 110 Å². The van der Waals surface area contributed by atoms with E-state index in [9.17, 15) is 19.4 Å². The number of aromatic nitrogens is 3. The van der Waals surface area contributed by atoms with Gasteiger partial charge < -0.3 is 19.7 Å². The fourth-order valence-electron chi connectivity index (χ4n) is 4.28. The molecule has 4 N–H and O–H groups in total. The molecule has 0 radical (unpaired) electrons. The van der Waals surface area contributed by atoms with Crippen molar-refractivity contribution >= 4 is 29.2 Å². The predicted molar refractivity (Wildman–Crippen MR) is 147 cm³/mol. The van der Waals surface area contributed by atoms with Gasteiger partial charge in [-0.25, -0.2) is 9.18 Å². The number of pyridine rings is 1. The van der Waals surface area contributed by atoms with Gasteiger partial charge in [0.25, 0.3) is 0 Å². The number of phenolic OH excluding ortho intramolecular Hbond substituents is 1. The van der Waals surface area contributed by atoms with Gasteiger partial charge in [0.2, 0.25) is 0 Å². The van der Waals surface area contributed by atoms with E-state index in [4.69, 9.17) is 16.7 Å². The van der Waals surface area contributed by atoms with E-state index < -0.39 is 11.9 Å². The highest BCUT2D eigenvalue weighted by Gasteiger charge is 2.22. The number of rotatable bonds is 4. The van der Waals surface area contributed by atoms with Crippen molar-refractivity contribution in [2.75, 3.05) is 24.2 Å². The number of imidazole rings is 1. The van der Waals surface area contributed by atoms with Crippen molar-refractivity contribution in [2.24, 2.45) is 12.2 Å². The molecule has 2 aromatic heterocycles. The Morgan fingerprint density at radius 3 is 2.43 bits per heavy atom. The van der Waals surface area contributed by atoms with Crippen LogP contribution in [0, 0.1) is 5.82 Å². The van der Waals surface area contributed by atoms with Crippen LogP contribution in [-0.4, -0.2) is 49.8 Å². The van der Waals surface area contributed by atoms with Gasteiger partial charge in [-0.2, -0.15) is 0 Å². The first-order chi connectivity index (χ1) is 17.7. The van der Waals surface area contributed by atoms with Crippen LogP contribution in [0.3, 0.4) is 0 Å². The molecule has 0 saturated carbocycles. The SMILES string of the molecule is CSN.Cn1ccn(-c2ccc(-c3cc(F)cc(-c4cncc(N5CCC(O)C5)c4)c3O)cc2Cl)c1=O. The third-order valence-electron chi connectivity index (χ3n) is 6.10. The van der Waals surface area contributed by atoms with E-state index in [0.29, 0.717) is 41.9 Å². The fraction of sp³-hybridized carbons (Fsp3) is 0.231. The summed E-state index contributed by atoms with van der Waals surface area (Å²) in [6, 6.07) is 9.25. The molecule has 1 saturated heterocycles. The zero-order valence-corrected chi connectivity index (χ0v) is 21.9. The molecule has 0 amide bonds. The second kappa shape index (κ2) is 11.4. The van der Waals surface area contributed by atoms with Crippen LogP contribution in [0.4, 0.5) is 10.1 Å². The Bertz CT molecular complexity index is 1480. The summed E-state index contributed by atoms with van der Waals surface area (Å²) in [5, 5.41) is 26.0. The van der Waals surface area contributed by atoms with Crippen LogP contribution in [0.5, 0.6) is 5.75 Å². The first-order valence-electron chi connectivity index (χ1n) is 11.4. The standard InChI is InChI=1S/C25H22ClFN4O3.CH5NS/c1-29-6-7-31(25(29)34)23-3-2-15(9-22(23)26)20-10-17(27)11-21(24(20)33)16-8-18(13-28-12-16)30-5-4-19(32)14-30;1-3-2/h2-3,6-13,19,32-33H,4-5,14H2,1H3;2H2,1H3. The van der Waals surface area contributed by atoms with Gasteiger partial charge in [-0.1, -0.05) is 29.6 Å². The van der Waals surface area contributed by atoms with Crippen LogP contribution < -0.4 is 15.7 Å². The van der Waals surface area contributed by atoms with Crippen LogP contribution in [0.1, 0.15) is 6.42 Å². The summed E-state index contributed by atoms with van der Waals surface area (Å²) in [5.74, 6) is -0.633. The van der Waals surface area contributed by atoms with Gasteiger partial charge in [0.15, 0.2) is 0 Å². The molecule has 37 heavy (non-hydrogen) atoms. The molecule has 5 rings (SSSR count). The monoisotopic (exact) mass is 543 g/mol. The predicted octanol–water partition coefficient (Wildman–Crippen LogP) is 4.20. The van der Waals surface area contributed by atoms with Crippen LogP contribution in [0.25, 0.3) is 27.9 Å². The second-order valence-electron chi connectivity index (χ2n) is 8.63. The minimum absolute atomic E-state index is 0.109. The summed E-state index contributed by atoms with van der Waals surface area (Å²) >= 11 is 7.72. The number of benzene rings is 2. The summed E-state index contributed by atoms with van der Waals surface area (Å²) in [6.07, 6.45) is 8.58. The number of nitrogens with zero attached hydrogens (tertiary/aromatic N) is 4. The Kier molecular flexibility index (Phi) is 8.23. The average molecular weight is 544 g/mol. The summed E-state index contributed by atoms with van der Waals surface area (Å²) in [4.78, 5) is 18.5. The third-order valence-corrected chi connectivity index (χ3v) is 6.41. The molecule has 0 aliphatic carbocycles. The molecule has 0 spiro atoms. The Hall–Kier alpha value is -3.31. The first kappa shape index (κ1) is 26.7. The molecule has 194 valence electrons. The van der Waals surface area contributed by atoms with Gasteiger partial charge in [-0.15, -0.1) is 0 Å². The van der Waals surface area contributed by atoms with Gasteiger partial charge in [-0.3, -0.25) is 14.7 Å². The number of hydrogen-bond donors (Lipinski definition) is 3. The number of aryl methyl sites for hydroxylation is 1. The van der Waals surface area contributed by atoms with Crippen LogP contribution >= 0.6 is 23.5 Å². The summed E-state index contributed by atoms with van der Waals surface area (Å²) in [6.45, 7) is 1.20. The van der Waals surface area contributed by atoms with E-state index in [1.807, 2.05) is 17.2 Å². The molecule has 1 atom stereocenters. The molecule has 3 heterocycles. The number of anilines is 1. The van der Waals surface area contributed by atoms with Gasteiger partial charge in [0, 0.05) is 55.4 Å². The molecule has 1 aliphatic heterocycles. The number of nitrogens with two attached hydrogens (primary N) is 1. The Morgan fingerprint density at radius 1 is 1.14 bits per heavy atom. The minimum atomic E-state index is -0.524. The fourth-order valence-corrected chi connectivity index (χ4v) is 4.55. The molecule has 4 aromatic rings. The zero-order chi connectivity index (χ0) is 26.7. The number of aliphatic hydroxyl groups excluding tert-OH is 1. The molecule has 1 fully saturated rings. The highest BCUT2D eigenvalue weighted by atomic mass is 35.5. The van der Waals surface area contributed by atoms with E-state index in [-0.39, 0.29) is 22.0 Å². The molecule has 1 aliphatic rings. The number of aromatic hydroxyl groups is 1. The van der Waals surface area contributed by atoms with Crippen molar-refractivity contribution in [1.82, 2.24) is 14.1 Å². The molecule has 0 bridgehead atoms. The summed E-state index contributed by atoms with van der Waals surface area (Å²) < 4.78 is 17.5. The van der Waals surface area contributed by atoms with Crippen molar-refractivity contribution in [3.8, 4) is 33.7 Å². The van der Waals surface area contributed by atoms with Gasteiger partial charge >= 0.3 is 5.69 Å². The molecule has 11 heteroatoms. The van der Waals surface area contributed by atoms with Crippen molar-refractivity contribution in [3.63, 3.8) is 0 Å². The maximum Gasteiger partial charge on any atom is 0.332 e. The molecule has 1 unspecified atom stereocenters. The van der Waals surface area contributed by atoms with E-state index in [0.717, 1.165) is 5.69 Å². The third kappa shape index (κ3) is 5.67. The van der Waals surface area contributed by atoms with E-state index >= 15 is 0 Å². The van der Waals surface area contributed by atoms with Crippen LogP contribution in [0.15, 0.2) is 66.0 Å². The Labute approximate surface area is 222 Å². The summed E-state index contributed by atoms with van der Waals surface area (Å²) in [7, 11) is 1.64. The minimum Gasteiger partial charge on any atom is -0.507 e. The number of hydrogen-bond acceptors (Lipinski definition) is 7. The first-order valence-corrected chi connectivity index (χ1v) is 13.1. The van der Waals surface area contributed by atoms with E-state index in [1.165, 1.54) is 33.2 Å². The van der Waals surface area contributed by atoms with E-state index in [1.54, 1.807) is 50.0 Å². The lowest BCUT2D eigenvalue weighted by Gasteiger charge is -2.19.